The van der Waals surface area contributed by atoms with Crippen LogP contribution in [0, 0.1) is 11.3 Å². The maximum absolute atomic E-state index is 3.65. The molecule has 0 spiro atoms. The van der Waals surface area contributed by atoms with Crippen LogP contribution >= 0.6 is 11.8 Å². The lowest BCUT2D eigenvalue weighted by atomic mass is 9.79. The summed E-state index contributed by atoms with van der Waals surface area (Å²) in [6.07, 6.45) is 3.97. The van der Waals surface area contributed by atoms with Crippen LogP contribution in [0.3, 0.4) is 0 Å². The van der Waals surface area contributed by atoms with E-state index in [4.69, 9.17) is 0 Å². The van der Waals surface area contributed by atoms with Gasteiger partial charge >= 0.3 is 0 Å². The third-order valence-electron chi connectivity index (χ3n) is 3.53. The van der Waals surface area contributed by atoms with Crippen LogP contribution in [-0.2, 0) is 0 Å². The van der Waals surface area contributed by atoms with Crippen molar-refractivity contribution in [3.8, 4) is 0 Å². The molecule has 0 saturated carbocycles. The number of nitrogens with one attached hydrogen (secondary N) is 1. The predicted octanol–water partition coefficient (Wildman–Crippen LogP) is 4.18. The minimum atomic E-state index is 0.539. The Morgan fingerprint density at radius 2 is 1.75 bits per heavy atom. The number of rotatable bonds is 10. The molecule has 1 N–H and O–H groups in total. The van der Waals surface area contributed by atoms with Crippen LogP contribution in [0.1, 0.15) is 53.9 Å². The van der Waals surface area contributed by atoms with Gasteiger partial charge in [-0.3, -0.25) is 0 Å². The van der Waals surface area contributed by atoms with Crippen LogP contribution in [0.2, 0.25) is 0 Å². The van der Waals surface area contributed by atoms with Crippen LogP contribution < -0.4 is 5.32 Å². The van der Waals surface area contributed by atoms with Crippen LogP contribution in [0.25, 0.3) is 0 Å². The summed E-state index contributed by atoms with van der Waals surface area (Å²) in [4.78, 5) is 0. The van der Waals surface area contributed by atoms with E-state index in [1.54, 1.807) is 0 Å². The molecule has 0 fully saturated rings. The zero-order valence-corrected chi connectivity index (χ0v) is 12.8. The normalized spacial score (nSPS) is 12.4. The van der Waals surface area contributed by atoms with Crippen molar-refractivity contribution in [1.82, 2.24) is 5.32 Å². The first-order valence-electron chi connectivity index (χ1n) is 6.88. The minimum Gasteiger partial charge on any atom is -0.316 e. The maximum atomic E-state index is 3.65. The van der Waals surface area contributed by atoms with Crippen molar-refractivity contribution in [2.45, 2.75) is 53.9 Å². The monoisotopic (exact) mass is 245 g/mol. The molecule has 0 aliphatic carbocycles. The lowest BCUT2D eigenvalue weighted by molar-refractivity contribution is 0.237. The average Bonchev–Trinajstić information content (AvgIpc) is 2.27. The summed E-state index contributed by atoms with van der Waals surface area (Å²) in [6, 6.07) is 0. The molecular weight excluding hydrogens is 214 g/mol. The second-order valence-electron chi connectivity index (χ2n) is 5.18. The van der Waals surface area contributed by atoms with Crippen molar-refractivity contribution in [2.75, 3.05) is 24.6 Å². The summed E-state index contributed by atoms with van der Waals surface area (Å²) >= 11 is 2.08. The van der Waals surface area contributed by atoms with Crippen molar-refractivity contribution in [1.29, 1.82) is 0 Å². The summed E-state index contributed by atoms with van der Waals surface area (Å²) in [7, 11) is 0. The van der Waals surface area contributed by atoms with Gasteiger partial charge < -0.3 is 5.32 Å². The fraction of sp³-hybridized carbons (Fsp3) is 1.00. The second-order valence-corrected chi connectivity index (χ2v) is 6.57. The van der Waals surface area contributed by atoms with Gasteiger partial charge in [-0.2, -0.15) is 11.8 Å². The van der Waals surface area contributed by atoms with Crippen molar-refractivity contribution in [3.05, 3.63) is 0 Å². The van der Waals surface area contributed by atoms with Crippen LogP contribution in [0.4, 0.5) is 0 Å². The Bertz CT molecular complexity index is 153. The SMILES string of the molecule is CCSCCC(CC)(CC)CNCC(C)C. The first kappa shape index (κ1) is 16.3. The molecule has 16 heavy (non-hydrogen) atoms. The smallest absolute Gasteiger partial charge is 0.000801 e. The quantitative estimate of drug-likeness (QED) is 0.579. The largest absolute Gasteiger partial charge is 0.316 e. The summed E-state index contributed by atoms with van der Waals surface area (Å²) < 4.78 is 0. The summed E-state index contributed by atoms with van der Waals surface area (Å²) in [5, 5.41) is 3.65. The van der Waals surface area contributed by atoms with Gasteiger partial charge in [0.05, 0.1) is 0 Å². The molecule has 0 aromatic carbocycles. The highest BCUT2D eigenvalue weighted by Gasteiger charge is 2.25. The summed E-state index contributed by atoms with van der Waals surface area (Å²) in [6.45, 7) is 13.8. The molecular formula is C14H31NS. The molecule has 0 saturated heterocycles. The van der Waals surface area contributed by atoms with Gasteiger partial charge in [0.1, 0.15) is 0 Å². The fourth-order valence-corrected chi connectivity index (χ4v) is 2.87. The van der Waals surface area contributed by atoms with Gasteiger partial charge in [0, 0.05) is 6.54 Å². The molecule has 0 aliphatic heterocycles. The average molecular weight is 245 g/mol. The third kappa shape index (κ3) is 6.80. The van der Waals surface area contributed by atoms with Gasteiger partial charge in [-0.15, -0.1) is 0 Å². The Hall–Kier alpha value is 0.310. The number of hydrogen-bond donors (Lipinski definition) is 1. The van der Waals surface area contributed by atoms with Crippen LogP contribution in [0.5, 0.6) is 0 Å². The molecule has 98 valence electrons. The van der Waals surface area contributed by atoms with E-state index in [1.807, 2.05) is 0 Å². The van der Waals surface area contributed by atoms with Crippen molar-refractivity contribution < 1.29 is 0 Å². The van der Waals surface area contributed by atoms with E-state index < -0.39 is 0 Å². The highest BCUT2D eigenvalue weighted by atomic mass is 32.2. The van der Waals surface area contributed by atoms with E-state index in [2.05, 4.69) is 51.7 Å². The van der Waals surface area contributed by atoms with Crippen LogP contribution in [-0.4, -0.2) is 24.6 Å². The molecule has 0 amide bonds. The molecule has 0 atom stereocenters. The van der Waals surface area contributed by atoms with E-state index in [0.29, 0.717) is 5.41 Å². The first-order chi connectivity index (χ1) is 7.60. The number of hydrogen-bond acceptors (Lipinski definition) is 2. The number of thioether (sulfide) groups is 1. The second kappa shape index (κ2) is 9.35. The lowest BCUT2D eigenvalue weighted by Gasteiger charge is -2.32. The molecule has 1 nitrogen and oxygen atoms in total. The van der Waals surface area contributed by atoms with E-state index in [-0.39, 0.29) is 0 Å². The molecule has 0 aliphatic rings. The zero-order chi connectivity index (χ0) is 12.4. The van der Waals surface area contributed by atoms with E-state index in [1.165, 1.54) is 37.3 Å². The van der Waals surface area contributed by atoms with Gasteiger partial charge in [0.2, 0.25) is 0 Å². The van der Waals surface area contributed by atoms with Gasteiger partial charge in [0.25, 0.3) is 0 Å². The van der Waals surface area contributed by atoms with Gasteiger partial charge in [-0.05, 0) is 48.6 Å². The zero-order valence-electron chi connectivity index (χ0n) is 11.9. The Kier molecular flexibility index (Phi) is 9.53. The molecule has 0 unspecified atom stereocenters. The Morgan fingerprint density at radius 3 is 2.19 bits per heavy atom. The Morgan fingerprint density at radius 1 is 1.12 bits per heavy atom. The first-order valence-corrected chi connectivity index (χ1v) is 8.04. The van der Waals surface area contributed by atoms with Gasteiger partial charge in [0.15, 0.2) is 0 Å². The maximum Gasteiger partial charge on any atom is 0.000801 e. The summed E-state index contributed by atoms with van der Waals surface area (Å²) in [5.41, 5.74) is 0.539. The molecule has 0 rings (SSSR count). The molecule has 0 aromatic heterocycles. The highest BCUT2D eigenvalue weighted by Crippen LogP contribution is 2.31. The van der Waals surface area contributed by atoms with Gasteiger partial charge in [-0.25, -0.2) is 0 Å². The third-order valence-corrected chi connectivity index (χ3v) is 4.43. The Balaban J connectivity index is 3.99. The molecule has 0 bridgehead atoms. The lowest BCUT2D eigenvalue weighted by Crippen LogP contribution is -2.35. The van der Waals surface area contributed by atoms with Gasteiger partial charge in [-0.1, -0.05) is 34.6 Å². The van der Waals surface area contributed by atoms with Crippen molar-refractivity contribution >= 4 is 11.8 Å². The van der Waals surface area contributed by atoms with E-state index in [9.17, 15) is 0 Å². The van der Waals surface area contributed by atoms with E-state index >= 15 is 0 Å². The molecule has 2 heteroatoms. The highest BCUT2D eigenvalue weighted by molar-refractivity contribution is 7.99. The standard InChI is InChI=1S/C14H31NS/c1-6-14(7-2,9-10-16-8-3)12-15-11-13(4)5/h13,15H,6-12H2,1-5H3. The molecule has 0 heterocycles. The molecule has 0 radical (unpaired) electrons. The molecule has 0 aromatic rings. The van der Waals surface area contributed by atoms with Crippen LogP contribution in [0.15, 0.2) is 0 Å². The van der Waals surface area contributed by atoms with Crippen molar-refractivity contribution in [2.24, 2.45) is 11.3 Å². The minimum absolute atomic E-state index is 0.539. The fourth-order valence-electron chi connectivity index (χ4n) is 2.00. The topological polar surface area (TPSA) is 12.0 Å². The predicted molar refractivity (Wildman–Crippen MR) is 78.3 cm³/mol. The van der Waals surface area contributed by atoms with Crippen molar-refractivity contribution in [3.63, 3.8) is 0 Å². The summed E-state index contributed by atoms with van der Waals surface area (Å²) in [5.74, 6) is 3.33. The van der Waals surface area contributed by atoms with E-state index in [0.717, 1.165) is 12.5 Å². The Labute approximate surface area is 107 Å².